The average molecular weight is 313 g/mol. The number of piperidine rings is 1. The molecule has 0 aromatic heterocycles. The Balaban J connectivity index is 0.00000180. The zero-order valence-electron chi connectivity index (χ0n) is 10.1. The van der Waals surface area contributed by atoms with E-state index in [1.165, 1.54) is 4.31 Å². The maximum atomic E-state index is 13.1. The first-order valence-electron chi connectivity index (χ1n) is 5.61. The van der Waals surface area contributed by atoms with Crippen LogP contribution in [0.3, 0.4) is 0 Å². The molecule has 1 aromatic carbocycles. The van der Waals surface area contributed by atoms with Crippen LogP contribution in [0.5, 0.6) is 0 Å². The van der Waals surface area contributed by atoms with Crippen molar-refractivity contribution < 1.29 is 17.2 Å². The summed E-state index contributed by atoms with van der Waals surface area (Å²) in [7, 11) is -3.87. The van der Waals surface area contributed by atoms with Gasteiger partial charge in [-0.3, -0.25) is 0 Å². The van der Waals surface area contributed by atoms with Crippen LogP contribution in [0.1, 0.15) is 12.8 Å². The summed E-state index contributed by atoms with van der Waals surface area (Å²) in [6.45, 7) is 0.509. The van der Waals surface area contributed by atoms with Gasteiger partial charge in [0.25, 0.3) is 0 Å². The van der Waals surface area contributed by atoms with Crippen LogP contribution in [0.4, 0.5) is 8.78 Å². The third kappa shape index (κ3) is 3.62. The Morgan fingerprint density at radius 3 is 2.32 bits per heavy atom. The highest BCUT2D eigenvalue weighted by molar-refractivity contribution is 7.89. The van der Waals surface area contributed by atoms with Crippen molar-refractivity contribution in [2.24, 2.45) is 5.73 Å². The van der Waals surface area contributed by atoms with E-state index in [0.29, 0.717) is 19.0 Å². The van der Waals surface area contributed by atoms with Gasteiger partial charge in [0.1, 0.15) is 11.6 Å². The molecule has 4 nitrogen and oxygen atoms in total. The van der Waals surface area contributed by atoms with E-state index in [2.05, 4.69) is 0 Å². The topological polar surface area (TPSA) is 63.4 Å². The summed E-state index contributed by atoms with van der Waals surface area (Å²) in [5, 5.41) is 0. The molecule has 0 amide bonds. The van der Waals surface area contributed by atoms with Gasteiger partial charge < -0.3 is 5.73 Å². The minimum absolute atomic E-state index is 0. The molecule has 1 fully saturated rings. The molecule has 1 saturated heterocycles. The Morgan fingerprint density at radius 1 is 1.21 bits per heavy atom. The fraction of sp³-hybridized carbons (Fsp3) is 0.455. The molecule has 0 unspecified atom stereocenters. The molecule has 0 spiro atoms. The van der Waals surface area contributed by atoms with E-state index in [0.717, 1.165) is 18.6 Å². The normalized spacial score (nSPS) is 20.9. The molecule has 2 rings (SSSR count). The lowest BCUT2D eigenvalue weighted by Crippen LogP contribution is -2.45. The highest BCUT2D eigenvalue weighted by atomic mass is 35.5. The Bertz CT molecular complexity index is 533. The van der Waals surface area contributed by atoms with E-state index < -0.39 is 21.7 Å². The Hall–Kier alpha value is -0.760. The van der Waals surface area contributed by atoms with Crippen LogP contribution >= 0.6 is 12.4 Å². The van der Waals surface area contributed by atoms with E-state index >= 15 is 0 Å². The fourth-order valence-corrected chi connectivity index (χ4v) is 3.60. The maximum absolute atomic E-state index is 13.1. The van der Waals surface area contributed by atoms with Gasteiger partial charge in [0, 0.05) is 25.2 Å². The Labute approximate surface area is 117 Å². The van der Waals surface area contributed by atoms with Crippen LogP contribution in [-0.4, -0.2) is 31.9 Å². The zero-order chi connectivity index (χ0) is 13.3. The molecule has 0 aliphatic carbocycles. The second-order valence-corrected chi connectivity index (χ2v) is 6.31. The van der Waals surface area contributed by atoms with E-state index in [4.69, 9.17) is 5.73 Å². The minimum Gasteiger partial charge on any atom is -0.327 e. The van der Waals surface area contributed by atoms with Crippen LogP contribution in [0, 0.1) is 11.6 Å². The molecular formula is C11H15ClF2N2O2S. The highest BCUT2D eigenvalue weighted by Gasteiger charge is 2.29. The molecule has 1 atom stereocenters. The van der Waals surface area contributed by atoms with Gasteiger partial charge in [-0.05, 0) is 25.0 Å². The molecular weight excluding hydrogens is 298 g/mol. The number of sulfonamides is 1. The predicted molar refractivity (Wildman–Crippen MR) is 69.6 cm³/mol. The summed E-state index contributed by atoms with van der Waals surface area (Å²) in [6, 6.07) is 2.05. The first kappa shape index (κ1) is 16.3. The van der Waals surface area contributed by atoms with Crippen LogP contribution in [0.2, 0.25) is 0 Å². The van der Waals surface area contributed by atoms with Gasteiger partial charge in [0.2, 0.25) is 10.0 Å². The molecule has 0 radical (unpaired) electrons. The molecule has 0 bridgehead atoms. The molecule has 19 heavy (non-hydrogen) atoms. The van der Waals surface area contributed by atoms with Crippen molar-refractivity contribution in [2.45, 2.75) is 23.8 Å². The summed E-state index contributed by atoms with van der Waals surface area (Å²) in [6.07, 6.45) is 1.40. The first-order valence-corrected chi connectivity index (χ1v) is 7.05. The third-order valence-electron chi connectivity index (χ3n) is 2.89. The Morgan fingerprint density at radius 2 is 1.79 bits per heavy atom. The van der Waals surface area contributed by atoms with Crippen molar-refractivity contribution in [1.82, 2.24) is 4.31 Å². The lowest BCUT2D eigenvalue weighted by molar-refractivity contribution is 0.316. The third-order valence-corrected chi connectivity index (χ3v) is 4.74. The smallest absolute Gasteiger partial charge is 0.243 e. The van der Waals surface area contributed by atoms with E-state index in [1.807, 2.05) is 0 Å². The summed E-state index contributed by atoms with van der Waals surface area (Å²) in [5.41, 5.74) is 5.71. The van der Waals surface area contributed by atoms with E-state index in [1.54, 1.807) is 0 Å². The van der Waals surface area contributed by atoms with Gasteiger partial charge in [-0.1, -0.05) is 0 Å². The second kappa shape index (κ2) is 6.13. The van der Waals surface area contributed by atoms with Crippen LogP contribution in [0.15, 0.2) is 23.1 Å². The average Bonchev–Trinajstić information content (AvgIpc) is 2.27. The second-order valence-electron chi connectivity index (χ2n) is 4.37. The number of halogens is 3. The zero-order valence-corrected chi connectivity index (χ0v) is 11.7. The van der Waals surface area contributed by atoms with Crippen LogP contribution in [-0.2, 0) is 10.0 Å². The molecule has 1 aliphatic rings. The molecule has 0 saturated carbocycles. The van der Waals surface area contributed by atoms with Crippen LogP contribution < -0.4 is 5.73 Å². The van der Waals surface area contributed by atoms with E-state index in [9.17, 15) is 17.2 Å². The molecule has 8 heteroatoms. The quantitative estimate of drug-likeness (QED) is 0.900. The standard InChI is InChI=1S/C11H14F2N2O2S.ClH/c12-8-4-9(13)6-11(5-8)18(16,17)15-3-1-2-10(14)7-15;/h4-6,10H,1-3,7,14H2;1H/t10-;/m1./s1. The summed E-state index contributed by atoms with van der Waals surface area (Å²) in [4.78, 5) is -0.367. The molecule has 2 N–H and O–H groups in total. The van der Waals surface area contributed by atoms with Gasteiger partial charge in [-0.25, -0.2) is 17.2 Å². The monoisotopic (exact) mass is 312 g/mol. The lowest BCUT2D eigenvalue weighted by atomic mass is 10.1. The number of nitrogens with two attached hydrogens (primary N) is 1. The molecule has 108 valence electrons. The first-order chi connectivity index (χ1) is 8.39. The SMILES string of the molecule is Cl.N[C@@H]1CCCN(S(=O)(=O)c2cc(F)cc(F)c2)C1. The van der Waals surface area contributed by atoms with Crippen molar-refractivity contribution in [2.75, 3.05) is 13.1 Å². The van der Waals surface area contributed by atoms with Crippen molar-refractivity contribution in [3.8, 4) is 0 Å². The fourth-order valence-electron chi connectivity index (χ4n) is 2.02. The largest absolute Gasteiger partial charge is 0.327 e. The summed E-state index contributed by atoms with van der Waals surface area (Å²) < 4.78 is 51.6. The summed E-state index contributed by atoms with van der Waals surface area (Å²) >= 11 is 0. The number of benzene rings is 1. The van der Waals surface area contributed by atoms with Gasteiger partial charge in [0.05, 0.1) is 4.90 Å². The summed E-state index contributed by atoms with van der Waals surface area (Å²) in [5.74, 6) is -1.82. The number of hydrogen-bond acceptors (Lipinski definition) is 3. The van der Waals surface area contributed by atoms with Crippen molar-refractivity contribution in [3.63, 3.8) is 0 Å². The lowest BCUT2D eigenvalue weighted by Gasteiger charge is -2.29. The predicted octanol–water partition coefficient (Wildman–Crippen LogP) is 1.50. The number of rotatable bonds is 2. The molecule has 1 aromatic rings. The molecule has 1 aliphatic heterocycles. The number of nitrogens with zero attached hydrogens (tertiary/aromatic N) is 1. The van der Waals surface area contributed by atoms with E-state index in [-0.39, 0.29) is 29.9 Å². The van der Waals surface area contributed by atoms with Crippen molar-refractivity contribution in [3.05, 3.63) is 29.8 Å². The van der Waals surface area contributed by atoms with Gasteiger partial charge >= 0.3 is 0 Å². The molecule has 1 heterocycles. The van der Waals surface area contributed by atoms with Crippen molar-refractivity contribution in [1.29, 1.82) is 0 Å². The highest BCUT2D eigenvalue weighted by Crippen LogP contribution is 2.21. The van der Waals surface area contributed by atoms with Gasteiger partial charge in [-0.2, -0.15) is 4.31 Å². The maximum Gasteiger partial charge on any atom is 0.243 e. The van der Waals surface area contributed by atoms with Crippen LogP contribution in [0.25, 0.3) is 0 Å². The number of hydrogen-bond donors (Lipinski definition) is 1. The van der Waals surface area contributed by atoms with Crippen molar-refractivity contribution >= 4 is 22.4 Å². The van der Waals surface area contributed by atoms with Gasteiger partial charge in [0.15, 0.2) is 0 Å². The Kier molecular flexibility index (Phi) is 5.26. The minimum atomic E-state index is -3.87. The van der Waals surface area contributed by atoms with Gasteiger partial charge in [-0.15, -0.1) is 12.4 Å².